The lowest BCUT2D eigenvalue weighted by atomic mass is 10.1. The van der Waals surface area contributed by atoms with Crippen molar-refractivity contribution in [3.63, 3.8) is 0 Å². The molecule has 0 unspecified atom stereocenters. The summed E-state index contributed by atoms with van der Waals surface area (Å²) in [4.78, 5) is 24.1. The van der Waals surface area contributed by atoms with E-state index in [1.807, 2.05) is 0 Å². The number of hydrogen-bond acceptors (Lipinski definition) is 4. The van der Waals surface area contributed by atoms with Gasteiger partial charge in [0.25, 0.3) is 5.56 Å². The number of carbonyl (C=O) groups is 1. The zero-order valence-corrected chi connectivity index (χ0v) is 14.3. The Morgan fingerprint density at radius 1 is 1.15 bits per heavy atom. The lowest BCUT2D eigenvalue weighted by Gasteiger charge is -2.09. The molecule has 0 aliphatic heterocycles. The first-order valence-electron chi connectivity index (χ1n) is 7.94. The number of anilines is 1. The third kappa shape index (κ3) is 4.35. The van der Waals surface area contributed by atoms with Crippen molar-refractivity contribution >= 4 is 11.6 Å². The van der Waals surface area contributed by atoms with Crippen molar-refractivity contribution in [2.24, 2.45) is 0 Å². The minimum atomic E-state index is -0.782. The van der Waals surface area contributed by atoms with E-state index in [2.05, 4.69) is 10.4 Å². The van der Waals surface area contributed by atoms with Gasteiger partial charge in [0.05, 0.1) is 18.5 Å². The Labute approximate surface area is 153 Å². The van der Waals surface area contributed by atoms with Gasteiger partial charge in [-0.25, -0.2) is 13.5 Å². The van der Waals surface area contributed by atoms with Gasteiger partial charge in [-0.05, 0) is 30.3 Å². The molecule has 0 aliphatic rings. The second-order valence-electron chi connectivity index (χ2n) is 5.62. The third-order valence-corrected chi connectivity index (χ3v) is 3.73. The summed E-state index contributed by atoms with van der Waals surface area (Å²) in [7, 11) is 1.53. The predicted octanol–water partition coefficient (Wildman–Crippen LogP) is 2.84. The van der Waals surface area contributed by atoms with E-state index in [-0.39, 0.29) is 5.69 Å². The SMILES string of the molecule is COc1cccc(-c2ccc(=O)n(CC(=O)Nc3cc(F)ccc3F)n2)c1. The van der Waals surface area contributed by atoms with E-state index in [4.69, 9.17) is 4.74 Å². The molecule has 1 heterocycles. The minimum Gasteiger partial charge on any atom is -0.497 e. The Hall–Kier alpha value is -3.55. The topological polar surface area (TPSA) is 73.2 Å². The molecule has 0 radical (unpaired) electrons. The Morgan fingerprint density at radius 3 is 2.74 bits per heavy atom. The molecule has 0 saturated carbocycles. The molecule has 1 aromatic heterocycles. The monoisotopic (exact) mass is 371 g/mol. The van der Waals surface area contributed by atoms with Crippen molar-refractivity contribution in [2.45, 2.75) is 6.54 Å². The van der Waals surface area contributed by atoms with Gasteiger partial charge in [0.1, 0.15) is 23.9 Å². The molecule has 6 nitrogen and oxygen atoms in total. The van der Waals surface area contributed by atoms with E-state index >= 15 is 0 Å². The number of ether oxygens (including phenoxy) is 1. The summed E-state index contributed by atoms with van der Waals surface area (Å²) in [6.45, 7) is -0.452. The van der Waals surface area contributed by atoms with Crippen molar-refractivity contribution < 1.29 is 18.3 Å². The number of carbonyl (C=O) groups excluding carboxylic acids is 1. The number of benzene rings is 2. The van der Waals surface area contributed by atoms with Gasteiger partial charge < -0.3 is 10.1 Å². The summed E-state index contributed by atoms with van der Waals surface area (Å²) < 4.78 is 32.9. The maximum atomic E-state index is 13.6. The summed E-state index contributed by atoms with van der Waals surface area (Å²) >= 11 is 0. The van der Waals surface area contributed by atoms with Gasteiger partial charge in [0.15, 0.2) is 0 Å². The van der Waals surface area contributed by atoms with Crippen LogP contribution < -0.4 is 15.6 Å². The lowest BCUT2D eigenvalue weighted by Crippen LogP contribution is -2.29. The predicted molar refractivity (Wildman–Crippen MR) is 95.5 cm³/mol. The first kappa shape index (κ1) is 18.2. The quantitative estimate of drug-likeness (QED) is 0.749. The molecule has 0 bridgehead atoms. The molecule has 1 N–H and O–H groups in total. The Balaban J connectivity index is 1.83. The molecular formula is C19H15F2N3O3. The fourth-order valence-electron chi connectivity index (χ4n) is 2.42. The molecule has 3 rings (SSSR count). The number of hydrogen-bond donors (Lipinski definition) is 1. The number of nitrogens with zero attached hydrogens (tertiary/aromatic N) is 2. The third-order valence-electron chi connectivity index (χ3n) is 3.73. The fraction of sp³-hybridized carbons (Fsp3) is 0.105. The maximum absolute atomic E-state index is 13.6. The molecule has 0 fully saturated rings. The van der Waals surface area contributed by atoms with Crippen LogP contribution in [0.15, 0.2) is 59.4 Å². The zero-order chi connectivity index (χ0) is 19.4. The summed E-state index contributed by atoms with van der Waals surface area (Å²) in [6, 6.07) is 12.5. The number of halogens is 2. The fourth-order valence-corrected chi connectivity index (χ4v) is 2.42. The van der Waals surface area contributed by atoms with Crippen molar-refractivity contribution in [1.82, 2.24) is 9.78 Å². The van der Waals surface area contributed by atoms with Gasteiger partial charge in [-0.2, -0.15) is 5.10 Å². The first-order chi connectivity index (χ1) is 13.0. The van der Waals surface area contributed by atoms with Gasteiger partial charge >= 0.3 is 0 Å². The summed E-state index contributed by atoms with van der Waals surface area (Å²) in [5.41, 5.74) is 0.339. The smallest absolute Gasteiger partial charge is 0.267 e. The van der Waals surface area contributed by atoms with Gasteiger partial charge in [-0.15, -0.1) is 0 Å². The van der Waals surface area contributed by atoms with Crippen LogP contribution in [0, 0.1) is 11.6 Å². The van der Waals surface area contributed by atoms with Crippen LogP contribution in [0.25, 0.3) is 11.3 Å². The van der Waals surface area contributed by atoms with Crippen molar-refractivity contribution in [3.8, 4) is 17.0 Å². The highest BCUT2D eigenvalue weighted by atomic mass is 19.1. The maximum Gasteiger partial charge on any atom is 0.267 e. The molecule has 0 atom stereocenters. The van der Waals surface area contributed by atoms with Crippen molar-refractivity contribution in [2.75, 3.05) is 12.4 Å². The standard InChI is InChI=1S/C19H15F2N3O3/c1-27-14-4-2-3-12(9-14)16-7-8-19(26)24(23-16)11-18(25)22-17-10-13(20)5-6-15(17)21/h2-10H,11H2,1H3,(H,22,25). The largest absolute Gasteiger partial charge is 0.497 e. The van der Waals surface area contributed by atoms with Gasteiger partial charge in [-0.3, -0.25) is 9.59 Å². The molecule has 0 saturated heterocycles. The normalized spacial score (nSPS) is 10.5. The highest BCUT2D eigenvalue weighted by molar-refractivity contribution is 5.90. The number of nitrogens with one attached hydrogen (secondary N) is 1. The zero-order valence-electron chi connectivity index (χ0n) is 14.3. The summed E-state index contributed by atoms with van der Waals surface area (Å²) in [5, 5.41) is 6.39. The number of rotatable bonds is 5. The average Bonchev–Trinajstić information content (AvgIpc) is 2.66. The second-order valence-corrected chi connectivity index (χ2v) is 5.62. The highest BCUT2D eigenvalue weighted by Crippen LogP contribution is 2.21. The average molecular weight is 371 g/mol. The first-order valence-corrected chi connectivity index (χ1v) is 7.94. The van der Waals surface area contributed by atoms with Gasteiger partial charge in [0, 0.05) is 17.7 Å². The van der Waals surface area contributed by atoms with Crippen LogP contribution in [0.3, 0.4) is 0 Å². The molecule has 0 spiro atoms. The van der Waals surface area contributed by atoms with Crippen LogP contribution in [0.4, 0.5) is 14.5 Å². The van der Waals surface area contributed by atoms with Crippen LogP contribution in [0.1, 0.15) is 0 Å². The van der Waals surface area contributed by atoms with E-state index in [1.54, 1.807) is 24.3 Å². The summed E-state index contributed by atoms with van der Waals surface area (Å²) in [5.74, 6) is -1.57. The Kier molecular flexibility index (Phi) is 5.25. The highest BCUT2D eigenvalue weighted by Gasteiger charge is 2.11. The molecular weight excluding hydrogens is 356 g/mol. The lowest BCUT2D eigenvalue weighted by molar-refractivity contribution is -0.117. The van der Waals surface area contributed by atoms with Crippen LogP contribution in [0.2, 0.25) is 0 Å². The molecule has 0 aliphatic carbocycles. The van der Waals surface area contributed by atoms with Gasteiger partial charge in [0.2, 0.25) is 5.91 Å². The van der Waals surface area contributed by atoms with Crippen LogP contribution in [0.5, 0.6) is 5.75 Å². The Bertz CT molecular complexity index is 1050. The van der Waals surface area contributed by atoms with E-state index in [0.717, 1.165) is 22.9 Å². The molecule has 3 aromatic rings. The van der Waals surface area contributed by atoms with Crippen molar-refractivity contribution in [1.29, 1.82) is 0 Å². The van der Waals surface area contributed by atoms with E-state index in [0.29, 0.717) is 17.0 Å². The van der Waals surface area contributed by atoms with Crippen molar-refractivity contribution in [3.05, 3.63) is 76.6 Å². The van der Waals surface area contributed by atoms with Gasteiger partial charge in [-0.1, -0.05) is 12.1 Å². The minimum absolute atomic E-state index is 0.308. The summed E-state index contributed by atoms with van der Waals surface area (Å²) in [6.07, 6.45) is 0. The van der Waals surface area contributed by atoms with E-state index < -0.39 is 29.6 Å². The molecule has 27 heavy (non-hydrogen) atoms. The molecule has 2 aromatic carbocycles. The number of amides is 1. The van der Waals surface area contributed by atoms with Crippen LogP contribution >= 0.6 is 0 Å². The van der Waals surface area contributed by atoms with E-state index in [9.17, 15) is 18.4 Å². The number of methoxy groups -OCH3 is 1. The van der Waals surface area contributed by atoms with Crippen LogP contribution in [-0.4, -0.2) is 22.8 Å². The molecule has 1 amide bonds. The molecule has 8 heteroatoms. The second kappa shape index (κ2) is 7.77. The van der Waals surface area contributed by atoms with Crippen LogP contribution in [-0.2, 0) is 11.3 Å². The molecule has 138 valence electrons. The Morgan fingerprint density at radius 2 is 1.96 bits per heavy atom. The van der Waals surface area contributed by atoms with E-state index in [1.165, 1.54) is 19.2 Å². The number of aromatic nitrogens is 2.